The first-order valence-corrected chi connectivity index (χ1v) is 11.0. The highest BCUT2D eigenvalue weighted by Gasteiger charge is 2.20. The first kappa shape index (κ1) is 22.8. The zero-order chi connectivity index (χ0) is 23.2. The van der Waals surface area contributed by atoms with E-state index in [4.69, 9.17) is 11.5 Å². The van der Waals surface area contributed by atoms with Crippen molar-refractivity contribution in [3.63, 3.8) is 0 Å². The molecule has 0 saturated carbocycles. The van der Waals surface area contributed by atoms with E-state index in [9.17, 15) is 4.79 Å². The summed E-state index contributed by atoms with van der Waals surface area (Å²) in [5.74, 6) is 0.127. The SMILES string of the molecule is CN1CCN(NC(N)c2nc(-c3cccc(C(=O)NCc4ccccc4)c3)cnc2N)CC1. The van der Waals surface area contributed by atoms with E-state index in [1.165, 1.54) is 0 Å². The minimum atomic E-state index is -0.585. The smallest absolute Gasteiger partial charge is 0.251 e. The van der Waals surface area contributed by atoms with Crippen molar-refractivity contribution in [1.82, 2.24) is 30.6 Å². The van der Waals surface area contributed by atoms with E-state index >= 15 is 0 Å². The van der Waals surface area contributed by atoms with Crippen molar-refractivity contribution in [3.8, 4) is 11.3 Å². The molecule has 172 valence electrons. The Morgan fingerprint density at radius 2 is 1.85 bits per heavy atom. The Labute approximate surface area is 193 Å². The third kappa shape index (κ3) is 5.91. The van der Waals surface area contributed by atoms with E-state index in [-0.39, 0.29) is 11.7 Å². The second kappa shape index (κ2) is 10.5. The monoisotopic (exact) mass is 446 g/mol. The first-order chi connectivity index (χ1) is 16.0. The second-order valence-corrected chi connectivity index (χ2v) is 8.17. The summed E-state index contributed by atoms with van der Waals surface area (Å²) in [5.41, 5.74) is 19.2. The predicted molar refractivity (Wildman–Crippen MR) is 129 cm³/mol. The molecule has 9 nitrogen and oxygen atoms in total. The van der Waals surface area contributed by atoms with Gasteiger partial charge in [0.2, 0.25) is 0 Å². The number of likely N-dealkylation sites (N-methyl/N-ethyl adjacent to an activating group) is 1. The summed E-state index contributed by atoms with van der Waals surface area (Å²) in [4.78, 5) is 23.9. The normalized spacial score (nSPS) is 15.8. The topological polar surface area (TPSA) is 125 Å². The van der Waals surface area contributed by atoms with Crippen LogP contribution in [-0.2, 0) is 6.54 Å². The van der Waals surface area contributed by atoms with Gasteiger partial charge < -0.3 is 21.7 Å². The van der Waals surface area contributed by atoms with Gasteiger partial charge in [-0.25, -0.2) is 20.4 Å². The summed E-state index contributed by atoms with van der Waals surface area (Å²) in [6.07, 6.45) is 1.01. The van der Waals surface area contributed by atoms with Gasteiger partial charge in [0.15, 0.2) is 0 Å². The second-order valence-electron chi connectivity index (χ2n) is 8.17. The molecule has 6 N–H and O–H groups in total. The van der Waals surface area contributed by atoms with E-state index in [2.05, 4.69) is 37.7 Å². The maximum atomic E-state index is 12.7. The van der Waals surface area contributed by atoms with Gasteiger partial charge in [-0.1, -0.05) is 42.5 Å². The van der Waals surface area contributed by atoms with E-state index in [1.54, 1.807) is 18.3 Å². The van der Waals surface area contributed by atoms with Gasteiger partial charge >= 0.3 is 0 Å². The Bertz CT molecular complexity index is 1080. The summed E-state index contributed by atoms with van der Waals surface area (Å²) in [6.45, 7) is 4.09. The molecule has 1 aliphatic rings. The van der Waals surface area contributed by atoms with Crippen LogP contribution in [0.4, 0.5) is 5.82 Å². The fourth-order valence-corrected chi connectivity index (χ4v) is 3.67. The van der Waals surface area contributed by atoms with E-state index in [0.717, 1.165) is 37.3 Å². The standard InChI is InChI=1S/C24H30N8O/c1-31-10-12-32(13-11-31)30-23(26)21-22(25)27-16-20(29-21)18-8-5-9-19(14-18)24(33)28-15-17-6-3-2-4-7-17/h2-9,14,16,23,30H,10-13,15,26H2,1H3,(H2,25,27)(H,28,33). The van der Waals surface area contributed by atoms with Crippen LogP contribution in [0.25, 0.3) is 11.3 Å². The Morgan fingerprint density at radius 3 is 2.61 bits per heavy atom. The highest BCUT2D eigenvalue weighted by Crippen LogP contribution is 2.22. The number of carbonyl (C=O) groups is 1. The van der Waals surface area contributed by atoms with E-state index in [0.29, 0.717) is 23.5 Å². The Hall–Kier alpha value is -3.37. The lowest BCUT2D eigenvalue weighted by atomic mass is 10.1. The number of nitrogens with two attached hydrogens (primary N) is 2. The molecule has 4 rings (SSSR count). The first-order valence-electron chi connectivity index (χ1n) is 11.0. The number of nitrogens with one attached hydrogen (secondary N) is 2. The van der Waals surface area contributed by atoms with Crippen LogP contribution < -0.4 is 22.2 Å². The number of aromatic nitrogens is 2. The van der Waals surface area contributed by atoms with E-state index < -0.39 is 6.17 Å². The molecule has 1 aromatic heterocycles. The Morgan fingerprint density at radius 1 is 1.09 bits per heavy atom. The molecule has 2 aromatic carbocycles. The van der Waals surface area contributed by atoms with Crippen LogP contribution in [0.2, 0.25) is 0 Å². The van der Waals surface area contributed by atoms with Gasteiger partial charge in [-0.3, -0.25) is 4.79 Å². The molecule has 1 fully saturated rings. The van der Waals surface area contributed by atoms with Crippen LogP contribution in [0, 0.1) is 0 Å². The molecule has 1 atom stereocenters. The predicted octanol–water partition coefficient (Wildman–Crippen LogP) is 1.37. The zero-order valence-corrected chi connectivity index (χ0v) is 18.7. The fourth-order valence-electron chi connectivity index (χ4n) is 3.67. The molecule has 33 heavy (non-hydrogen) atoms. The number of hydrogen-bond donors (Lipinski definition) is 4. The number of nitrogen functional groups attached to an aromatic ring is 1. The summed E-state index contributed by atoms with van der Waals surface area (Å²) in [6, 6.07) is 17.1. The molecular weight excluding hydrogens is 416 g/mol. The lowest BCUT2D eigenvalue weighted by Crippen LogP contribution is -2.53. The lowest BCUT2D eigenvalue weighted by molar-refractivity contribution is 0.0870. The third-order valence-electron chi connectivity index (χ3n) is 5.67. The fraction of sp³-hybridized carbons (Fsp3) is 0.292. The molecule has 2 heterocycles. The molecule has 1 amide bonds. The van der Waals surface area contributed by atoms with Gasteiger partial charge in [0.1, 0.15) is 17.7 Å². The number of anilines is 1. The van der Waals surface area contributed by atoms with Crippen LogP contribution in [0.5, 0.6) is 0 Å². The van der Waals surface area contributed by atoms with Crippen molar-refractivity contribution >= 4 is 11.7 Å². The molecule has 0 aliphatic carbocycles. The Balaban J connectivity index is 1.47. The van der Waals surface area contributed by atoms with Crippen molar-refractivity contribution in [2.75, 3.05) is 39.0 Å². The van der Waals surface area contributed by atoms with Gasteiger partial charge in [0.05, 0.1) is 11.9 Å². The maximum Gasteiger partial charge on any atom is 0.251 e. The average Bonchev–Trinajstić information content (AvgIpc) is 2.85. The lowest BCUT2D eigenvalue weighted by Gasteiger charge is -2.34. The van der Waals surface area contributed by atoms with Gasteiger partial charge in [0, 0.05) is 43.9 Å². The van der Waals surface area contributed by atoms with Crippen molar-refractivity contribution in [3.05, 3.63) is 77.6 Å². The van der Waals surface area contributed by atoms with Crippen molar-refractivity contribution in [2.24, 2.45) is 5.73 Å². The number of benzene rings is 2. The van der Waals surface area contributed by atoms with Crippen LogP contribution >= 0.6 is 0 Å². The van der Waals surface area contributed by atoms with Gasteiger partial charge in [0.25, 0.3) is 5.91 Å². The number of rotatable bonds is 7. The molecule has 3 aromatic rings. The molecule has 0 radical (unpaired) electrons. The van der Waals surface area contributed by atoms with Crippen LogP contribution in [0.3, 0.4) is 0 Å². The largest absolute Gasteiger partial charge is 0.382 e. The number of carbonyl (C=O) groups excluding carboxylic acids is 1. The van der Waals surface area contributed by atoms with Crippen molar-refractivity contribution in [1.29, 1.82) is 0 Å². The highest BCUT2D eigenvalue weighted by molar-refractivity contribution is 5.95. The number of hydrazine groups is 1. The van der Waals surface area contributed by atoms with Gasteiger partial charge in [-0.15, -0.1) is 0 Å². The summed E-state index contributed by atoms with van der Waals surface area (Å²) in [5, 5.41) is 5.03. The Kier molecular flexibility index (Phi) is 7.26. The summed E-state index contributed by atoms with van der Waals surface area (Å²) < 4.78 is 0. The molecular formula is C24H30N8O. The number of amides is 1. The van der Waals surface area contributed by atoms with Crippen LogP contribution in [0.1, 0.15) is 27.8 Å². The molecule has 0 bridgehead atoms. The van der Waals surface area contributed by atoms with Gasteiger partial charge in [-0.05, 0) is 24.7 Å². The number of nitrogens with zero attached hydrogens (tertiary/aromatic N) is 4. The van der Waals surface area contributed by atoms with Crippen molar-refractivity contribution in [2.45, 2.75) is 12.7 Å². The maximum absolute atomic E-state index is 12.7. The van der Waals surface area contributed by atoms with Crippen molar-refractivity contribution < 1.29 is 4.79 Å². The zero-order valence-electron chi connectivity index (χ0n) is 18.7. The molecule has 1 unspecified atom stereocenters. The molecule has 1 saturated heterocycles. The quantitative estimate of drug-likeness (QED) is 0.401. The molecule has 0 spiro atoms. The number of piperazine rings is 1. The molecule has 1 aliphatic heterocycles. The van der Waals surface area contributed by atoms with Crippen LogP contribution in [0.15, 0.2) is 60.8 Å². The molecule has 9 heteroatoms. The van der Waals surface area contributed by atoms with Gasteiger partial charge in [-0.2, -0.15) is 0 Å². The average molecular weight is 447 g/mol. The minimum Gasteiger partial charge on any atom is -0.382 e. The van der Waals surface area contributed by atoms with E-state index in [1.807, 2.05) is 42.5 Å². The highest BCUT2D eigenvalue weighted by atomic mass is 16.1. The number of hydrogen-bond acceptors (Lipinski definition) is 8. The summed E-state index contributed by atoms with van der Waals surface area (Å²) >= 11 is 0. The minimum absolute atomic E-state index is 0.155. The van der Waals surface area contributed by atoms with Crippen LogP contribution in [-0.4, -0.2) is 59.0 Å². The summed E-state index contributed by atoms with van der Waals surface area (Å²) in [7, 11) is 2.10. The third-order valence-corrected chi connectivity index (χ3v) is 5.67.